The number of hydrogen-bond acceptors (Lipinski definition) is 3. The SMILES string of the molecule is C#CCCC(C)(C)COC(=O)C[C@H](C(=O)O)C(C)(C)C. The van der Waals surface area contributed by atoms with Gasteiger partial charge in [-0.2, -0.15) is 0 Å². The molecule has 0 heterocycles. The third-order valence-electron chi connectivity index (χ3n) is 3.28. The second-order valence-electron chi connectivity index (χ2n) is 6.99. The van der Waals surface area contributed by atoms with Crippen molar-refractivity contribution in [3.63, 3.8) is 0 Å². The number of carboxylic acids is 1. The Labute approximate surface area is 121 Å². The van der Waals surface area contributed by atoms with E-state index in [-0.39, 0.29) is 18.4 Å². The summed E-state index contributed by atoms with van der Waals surface area (Å²) in [7, 11) is 0. The molecule has 0 aromatic carbocycles. The van der Waals surface area contributed by atoms with Crippen LogP contribution in [0.1, 0.15) is 53.9 Å². The smallest absolute Gasteiger partial charge is 0.307 e. The van der Waals surface area contributed by atoms with Crippen molar-refractivity contribution < 1.29 is 19.4 Å². The van der Waals surface area contributed by atoms with Crippen molar-refractivity contribution in [3.8, 4) is 12.3 Å². The average Bonchev–Trinajstić information content (AvgIpc) is 2.29. The van der Waals surface area contributed by atoms with Gasteiger partial charge in [0.1, 0.15) is 0 Å². The molecule has 0 aromatic rings. The minimum Gasteiger partial charge on any atom is -0.481 e. The maximum atomic E-state index is 11.8. The average molecular weight is 282 g/mol. The van der Waals surface area contributed by atoms with E-state index in [1.807, 2.05) is 13.8 Å². The van der Waals surface area contributed by atoms with E-state index in [0.717, 1.165) is 6.42 Å². The molecule has 0 amide bonds. The van der Waals surface area contributed by atoms with E-state index >= 15 is 0 Å². The predicted molar refractivity (Wildman–Crippen MR) is 78.0 cm³/mol. The number of aliphatic carboxylic acids is 1. The van der Waals surface area contributed by atoms with E-state index in [9.17, 15) is 14.7 Å². The largest absolute Gasteiger partial charge is 0.481 e. The van der Waals surface area contributed by atoms with Gasteiger partial charge in [-0.3, -0.25) is 9.59 Å². The van der Waals surface area contributed by atoms with Crippen molar-refractivity contribution in [1.29, 1.82) is 0 Å². The number of terminal acetylenes is 1. The van der Waals surface area contributed by atoms with Gasteiger partial charge >= 0.3 is 11.9 Å². The fraction of sp³-hybridized carbons (Fsp3) is 0.750. The first-order valence-electron chi connectivity index (χ1n) is 6.81. The molecule has 0 rings (SSSR count). The van der Waals surface area contributed by atoms with Crippen LogP contribution >= 0.6 is 0 Å². The molecule has 0 aliphatic rings. The number of carboxylic acid groups (broad SMARTS) is 1. The Bertz CT molecular complexity index is 382. The minimum absolute atomic E-state index is 0.107. The molecule has 0 aromatic heterocycles. The second kappa shape index (κ2) is 7.33. The summed E-state index contributed by atoms with van der Waals surface area (Å²) in [5.74, 6) is 0.371. The number of hydrogen-bond donors (Lipinski definition) is 1. The van der Waals surface area contributed by atoms with Crippen LogP contribution in [0.3, 0.4) is 0 Å². The predicted octanol–water partition coefficient (Wildman–Crippen LogP) is 3.11. The van der Waals surface area contributed by atoms with Crippen LogP contribution in [0, 0.1) is 29.1 Å². The van der Waals surface area contributed by atoms with Gasteiger partial charge in [0.15, 0.2) is 0 Å². The summed E-state index contributed by atoms with van der Waals surface area (Å²) in [5, 5.41) is 9.17. The highest BCUT2D eigenvalue weighted by atomic mass is 16.5. The van der Waals surface area contributed by atoms with E-state index in [0.29, 0.717) is 6.42 Å². The van der Waals surface area contributed by atoms with Crippen molar-refractivity contribution in [2.75, 3.05) is 6.61 Å². The lowest BCUT2D eigenvalue weighted by atomic mass is 9.79. The van der Waals surface area contributed by atoms with Crippen LogP contribution in [0.15, 0.2) is 0 Å². The van der Waals surface area contributed by atoms with Crippen LogP contribution in [0.2, 0.25) is 0 Å². The molecule has 4 heteroatoms. The lowest BCUT2D eigenvalue weighted by Crippen LogP contribution is -2.32. The lowest BCUT2D eigenvalue weighted by molar-refractivity contribution is -0.156. The summed E-state index contributed by atoms with van der Waals surface area (Å²) < 4.78 is 5.21. The topological polar surface area (TPSA) is 63.6 Å². The molecule has 4 nitrogen and oxygen atoms in total. The van der Waals surface area contributed by atoms with Crippen molar-refractivity contribution in [1.82, 2.24) is 0 Å². The van der Waals surface area contributed by atoms with Crippen molar-refractivity contribution >= 4 is 11.9 Å². The minimum atomic E-state index is -0.971. The molecule has 0 aliphatic heterocycles. The summed E-state index contributed by atoms with van der Waals surface area (Å²) in [6, 6.07) is 0. The summed E-state index contributed by atoms with van der Waals surface area (Å²) in [5.41, 5.74) is -0.674. The van der Waals surface area contributed by atoms with Crippen LogP contribution in [0.5, 0.6) is 0 Å². The van der Waals surface area contributed by atoms with Gasteiger partial charge in [0, 0.05) is 6.42 Å². The number of carbonyl (C=O) groups excluding carboxylic acids is 1. The van der Waals surface area contributed by atoms with E-state index in [1.165, 1.54) is 0 Å². The van der Waals surface area contributed by atoms with E-state index < -0.39 is 23.3 Å². The molecule has 0 radical (unpaired) electrons. The number of carbonyl (C=O) groups is 2. The summed E-state index contributed by atoms with van der Waals surface area (Å²) in [6.45, 7) is 9.60. The molecule has 0 unspecified atom stereocenters. The van der Waals surface area contributed by atoms with Crippen molar-refractivity contribution in [2.45, 2.75) is 53.9 Å². The first-order chi connectivity index (χ1) is 8.99. The highest BCUT2D eigenvalue weighted by Crippen LogP contribution is 2.30. The zero-order valence-corrected chi connectivity index (χ0v) is 13.2. The van der Waals surface area contributed by atoms with Gasteiger partial charge in [-0.25, -0.2) is 0 Å². The third-order valence-corrected chi connectivity index (χ3v) is 3.28. The molecule has 20 heavy (non-hydrogen) atoms. The Morgan fingerprint density at radius 3 is 2.20 bits per heavy atom. The summed E-state index contributed by atoms with van der Waals surface area (Å²) in [6.07, 6.45) is 6.50. The van der Waals surface area contributed by atoms with Crippen molar-refractivity contribution in [2.24, 2.45) is 16.7 Å². The molecular formula is C16H26O4. The summed E-state index contributed by atoms with van der Waals surface area (Å²) in [4.78, 5) is 23.0. The lowest BCUT2D eigenvalue weighted by Gasteiger charge is -2.27. The molecule has 0 saturated carbocycles. The standard InChI is InChI=1S/C16H26O4/c1-7-8-9-16(5,6)11-20-13(17)10-12(14(18)19)15(2,3)4/h1,12H,8-11H2,2-6H3,(H,18,19)/t12-/m1/s1. The van der Waals surface area contributed by atoms with Gasteiger partial charge < -0.3 is 9.84 Å². The van der Waals surface area contributed by atoms with E-state index in [4.69, 9.17) is 11.2 Å². The van der Waals surface area contributed by atoms with Crippen molar-refractivity contribution in [3.05, 3.63) is 0 Å². The molecule has 0 spiro atoms. The molecule has 114 valence electrons. The van der Waals surface area contributed by atoms with Gasteiger partial charge in [0.25, 0.3) is 0 Å². The van der Waals surface area contributed by atoms with Gasteiger partial charge in [-0.15, -0.1) is 12.3 Å². The molecule has 1 atom stereocenters. The normalized spacial score (nSPS) is 13.4. The first-order valence-corrected chi connectivity index (χ1v) is 6.81. The van der Waals surface area contributed by atoms with Gasteiger partial charge in [-0.05, 0) is 17.3 Å². The highest BCUT2D eigenvalue weighted by Gasteiger charge is 2.34. The van der Waals surface area contributed by atoms with Gasteiger partial charge in [-0.1, -0.05) is 34.6 Å². The highest BCUT2D eigenvalue weighted by molar-refractivity contribution is 5.79. The summed E-state index contributed by atoms with van der Waals surface area (Å²) >= 11 is 0. The maximum Gasteiger partial charge on any atom is 0.307 e. The van der Waals surface area contributed by atoms with E-state index in [1.54, 1.807) is 20.8 Å². The Hall–Kier alpha value is -1.50. The number of rotatable bonds is 7. The van der Waals surface area contributed by atoms with Crippen LogP contribution in [-0.2, 0) is 14.3 Å². The first kappa shape index (κ1) is 18.5. The zero-order valence-electron chi connectivity index (χ0n) is 13.2. The second-order valence-corrected chi connectivity index (χ2v) is 6.99. The number of ether oxygens (including phenoxy) is 1. The maximum absolute atomic E-state index is 11.8. The van der Waals surface area contributed by atoms with E-state index in [2.05, 4.69) is 5.92 Å². The fourth-order valence-corrected chi connectivity index (χ4v) is 1.75. The molecule has 1 N–H and O–H groups in total. The van der Waals surface area contributed by atoms with Crippen LogP contribution in [0.25, 0.3) is 0 Å². The Kier molecular flexibility index (Phi) is 6.78. The Morgan fingerprint density at radius 2 is 1.80 bits per heavy atom. The zero-order chi connectivity index (χ0) is 16.0. The molecular weight excluding hydrogens is 256 g/mol. The quantitative estimate of drug-likeness (QED) is 0.575. The molecule has 0 fully saturated rings. The molecule has 0 aliphatic carbocycles. The Morgan fingerprint density at radius 1 is 1.25 bits per heavy atom. The van der Waals surface area contributed by atoms with Gasteiger partial charge in [0.05, 0.1) is 18.9 Å². The fourth-order valence-electron chi connectivity index (χ4n) is 1.75. The Balaban J connectivity index is 4.42. The molecule has 0 bridgehead atoms. The monoisotopic (exact) mass is 282 g/mol. The van der Waals surface area contributed by atoms with Gasteiger partial charge in [0.2, 0.25) is 0 Å². The molecule has 0 saturated heterocycles. The van der Waals surface area contributed by atoms with Crippen LogP contribution < -0.4 is 0 Å². The third kappa shape index (κ3) is 7.18. The van der Waals surface area contributed by atoms with Crippen LogP contribution in [0.4, 0.5) is 0 Å². The number of esters is 1. The van der Waals surface area contributed by atoms with Crippen LogP contribution in [-0.4, -0.2) is 23.7 Å².